The van der Waals surface area contributed by atoms with Crippen LogP contribution >= 0.6 is 0 Å². The Morgan fingerprint density at radius 2 is 1.58 bits per heavy atom. The van der Waals surface area contributed by atoms with Crippen molar-refractivity contribution in [3.63, 3.8) is 0 Å². The first-order valence-electron chi connectivity index (χ1n) is 9.92. The van der Waals surface area contributed by atoms with E-state index in [1.165, 1.54) is 12.1 Å². The number of azo groups is 1. The van der Waals surface area contributed by atoms with E-state index in [0.29, 0.717) is 17.1 Å². The number of hydrogen-bond acceptors (Lipinski definition) is 3. The number of aryl methyl sites for hydroxylation is 2. The molecule has 0 aromatic heterocycles. The van der Waals surface area contributed by atoms with Crippen LogP contribution in [-0.2, 0) is 19.0 Å². The zero-order valence-corrected chi connectivity index (χ0v) is 17.2. The summed E-state index contributed by atoms with van der Waals surface area (Å²) in [5.74, 6) is -0.653. The standard InChI is InChI=1S/C24H22F3N3O/c1-3-16-7-5-10-20(13-16)29-30-22-14-17(4-2)11-12-21(22)28-23(31)18-8-6-9-19(15-18)24(25,26)27/h5-15H,3-4H2,1-2H3,(H,28,31). The zero-order chi connectivity index (χ0) is 22.4. The molecule has 7 heteroatoms. The summed E-state index contributed by atoms with van der Waals surface area (Å²) in [7, 11) is 0. The number of carbonyl (C=O) groups is 1. The smallest absolute Gasteiger partial charge is 0.320 e. The number of rotatable bonds is 6. The number of alkyl halides is 3. The Bertz CT molecular complexity index is 1110. The lowest BCUT2D eigenvalue weighted by Crippen LogP contribution is -2.14. The van der Waals surface area contributed by atoms with Gasteiger partial charge in [-0.3, -0.25) is 4.79 Å². The molecule has 0 radical (unpaired) electrons. The Labute approximate surface area is 178 Å². The van der Waals surface area contributed by atoms with Crippen LogP contribution in [0.5, 0.6) is 0 Å². The van der Waals surface area contributed by atoms with Gasteiger partial charge in [-0.1, -0.05) is 38.1 Å². The largest absolute Gasteiger partial charge is 0.416 e. The molecule has 0 aliphatic carbocycles. The lowest BCUT2D eigenvalue weighted by atomic mass is 10.1. The molecule has 0 aliphatic rings. The highest BCUT2D eigenvalue weighted by Crippen LogP contribution is 2.31. The molecule has 1 amide bonds. The van der Waals surface area contributed by atoms with Gasteiger partial charge in [0.05, 0.1) is 16.9 Å². The van der Waals surface area contributed by atoms with Crippen LogP contribution in [-0.4, -0.2) is 5.91 Å². The molecular formula is C24H22F3N3O. The normalized spacial score (nSPS) is 11.6. The van der Waals surface area contributed by atoms with Gasteiger partial charge in [0.25, 0.3) is 5.91 Å². The number of carbonyl (C=O) groups excluding carboxylic acids is 1. The average Bonchev–Trinajstić information content (AvgIpc) is 2.78. The van der Waals surface area contributed by atoms with Gasteiger partial charge in [-0.2, -0.15) is 18.3 Å². The lowest BCUT2D eigenvalue weighted by Gasteiger charge is -2.11. The molecule has 0 saturated heterocycles. The highest BCUT2D eigenvalue weighted by molar-refractivity contribution is 6.05. The van der Waals surface area contributed by atoms with Gasteiger partial charge in [-0.25, -0.2) is 0 Å². The molecule has 4 nitrogen and oxygen atoms in total. The van der Waals surface area contributed by atoms with Crippen molar-refractivity contribution in [2.75, 3.05) is 5.32 Å². The van der Waals surface area contributed by atoms with E-state index in [9.17, 15) is 18.0 Å². The number of hydrogen-bond donors (Lipinski definition) is 1. The Morgan fingerprint density at radius 3 is 2.29 bits per heavy atom. The molecule has 0 heterocycles. The van der Waals surface area contributed by atoms with Gasteiger partial charge in [0.1, 0.15) is 5.69 Å². The van der Waals surface area contributed by atoms with Gasteiger partial charge < -0.3 is 5.32 Å². The quantitative estimate of drug-likeness (QED) is 0.409. The van der Waals surface area contributed by atoms with E-state index in [0.717, 1.165) is 36.1 Å². The third-order valence-electron chi connectivity index (χ3n) is 4.76. The number of benzene rings is 3. The number of amides is 1. The van der Waals surface area contributed by atoms with Gasteiger partial charge in [-0.05, 0) is 66.4 Å². The van der Waals surface area contributed by atoms with E-state index in [1.54, 1.807) is 12.1 Å². The van der Waals surface area contributed by atoms with Gasteiger partial charge >= 0.3 is 6.18 Å². The summed E-state index contributed by atoms with van der Waals surface area (Å²) < 4.78 is 38.9. The predicted molar refractivity (Wildman–Crippen MR) is 115 cm³/mol. The molecular weight excluding hydrogens is 403 g/mol. The first kappa shape index (κ1) is 22.2. The van der Waals surface area contributed by atoms with Gasteiger partial charge in [0, 0.05) is 5.56 Å². The van der Waals surface area contributed by atoms with E-state index >= 15 is 0 Å². The van der Waals surface area contributed by atoms with Crippen molar-refractivity contribution in [3.8, 4) is 0 Å². The molecule has 0 saturated carbocycles. The third-order valence-corrected chi connectivity index (χ3v) is 4.76. The molecule has 3 aromatic carbocycles. The van der Waals surface area contributed by atoms with Crippen LogP contribution in [0.1, 0.15) is 40.9 Å². The zero-order valence-electron chi connectivity index (χ0n) is 17.2. The monoisotopic (exact) mass is 425 g/mol. The van der Waals surface area contributed by atoms with Crippen LogP contribution in [0.15, 0.2) is 77.0 Å². The van der Waals surface area contributed by atoms with Crippen molar-refractivity contribution in [3.05, 3.63) is 89.0 Å². The number of nitrogens with one attached hydrogen (secondary N) is 1. The summed E-state index contributed by atoms with van der Waals surface area (Å²) in [5.41, 5.74) is 2.63. The van der Waals surface area contributed by atoms with Crippen molar-refractivity contribution in [2.24, 2.45) is 10.2 Å². The fourth-order valence-corrected chi connectivity index (χ4v) is 2.97. The van der Waals surface area contributed by atoms with Gasteiger partial charge in [0.15, 0.2) is 0 Å². The van der Waals surface area contributed by atoms with E-state index in [1.807, 2.05) is 44.2 Å². The van der Waals surface area contributed by atoms with E-state index in [-0.39, 0.29) is 5.56 Å². The average molecular weight is 425 g/mol. The van der Waals surface area contributed by atoms with Crippen molar-refractivity contribution >= 4 is 23.0 Å². The Balaban J connectivity index is 1.89. The minimum Gasteiger partial charge on any atom is -0.320 e. The number of halogens is 3. The first-order chi connectivity index (χ1) is 14.8. The summed E-state index contributed by atoms with van der Waals surface area (Å²) in [6.07, 6.45) is -2.89. The summed E-state index contributed by atoms with van der Waals surface area (Å²) in [6.45, 7) is 4.03. The van der Waals surface area contributed by atoms with Crippen molar-refractivity contribution in [1.82, 2.24) is 0 Å². The predicted octanol–water partition coefficient (Wildman–Crippen LogP) is 7.50. The fraction of sp³-hybridized carbons (Fsp3) is 0.208. The molecule has 31 heavy (non-hydrogen) atoms. The first-order valence-corrected chi connectivity index (χ1v) is 9.92. The van der Waals surface area contributed by atoms with Crippen LogP contribution in [0, 0.1) is 0 Å². The SMILES string of the molecule is CCc1cccc(N=Nc2cc(CC)ccc2NC(=O)c2cccc(C(F)(F)F)c2)c1. The second kappa shape index (κ2) is 9.55. The minimum absolute atomic E-state index is 0.0899. The topological polar surface area (TPSA) is 53.8 Å². The third kappa shape index (κ3) is 5.78. The van der Waals surface area contributed by atoms with Crippen LogP contribution in [0.3, 0.4) is 0 Å². The fourth-order valence-electron chi connectivity index (χ4n) is 2.97. The number of nitrogens with zero attached hydrogens (tertiary/aromatic N) is 2. The second-order valence-electron chi connectivity index (χ2n) is 6.96. The lowest BCUT2D eigenvalue weighted by molar-refractivity contribution is -0.137. The van der Waals surface area contributed by atoms with Crippen molar-refractivity contribution < 1.29 is 18.0 Å². The molecule has 1 N–H and O–H groups in total. The summed E-state index contributed by atoms with van der Waals surface area (Å²) >= 11 is 0. The maximum atomic E-state index is 13.0. The van der Waals surface area contributed by atoms with Gasteiger partial charge in [-0.15, -0.1) is 5.11 Å². The molecule has 0 bridgehead atoms. The molecule has 0 spiro atoms. The van der Waals surface area contributed by atoms with Gasteiger partial charge in [0.2, 0.25) is 0 Å². The Morgan fingerprint density at radius 1 is 0.871 bits per heavy atom. The van der Waals surface area contributed by atoms with E-state index < -0.39 is 17.6 Å². The molecule has 3 aromatic rings. The maximum Gasteiger partial charge on any atom is 0.416 e. The van der Waals surface area contributed by atoms with E-state index in [4.69, 9.17) is 0 Å². The molecule has 3 rings (SSSR count). The number of anilines is 1. The second-order valence-corrected chi connectivity index (χ2v) is 6.96. The molecule has 0 atom stereocenters. The summed E-state index contributed by atoms with van der Waals surface area (Å²) in [6, 6.07) is 17.3. The molecule has 0 unspecified atom stereocenters. The highest BCUT2D eigenvalue weighted by atomic mass is 19.4. The van der Waals surface area contributed by atoms with Crippen LogP contribution in [0.2, 0.25) is 0 Å². The Hall–Kier alpha value is -3.48. The molecule has 0 fully saturated rings. The van der Waals surface area contributed by atoms with Crippen LogP contribution in [0.4, 0.5) is 30.2 Å². The summed E-state index contributed by atoms with van der Waals surface area (Å²) in [4.78, 5) is 12.6. The molecule has 160 valence electrons. The minimum atomic E-state index is -4.52. The summed E-state index contributed by atoms with van der Waals surface area (Å²) in [5, 5.41) is 11.2. The van der Waals surface area contributed by atoms with Crippen molar-refractivity contribution in [1.29, 1.82) is 0 Å². The van der Waals surface area contributed by atoms with Crippen LogP contribution in [0.25, 0.3) is 0 Å². The molecule has 0 aliphatic heterocycles. The maximum absolute atomic E-state index is 13.0. The highest BCUT2D eigenvalue weighted by Gasteiger charge is 2.30. The van der Waals surface area contributed by atoms with E-state index in [2.05, 4.69) is 15.5 Å². The van der Waals surface area contributed by atoms with Crippen molar-refractivity contribution in [2.45, 2.75) is 32.9 Å². The Kier molecular flexibility index (Phi) is 6.84. The van der Waals surface area contributed by atoms with Crippen LogP contribution < -0.4 is 5.32 Å².